The predicted octanol–water partition coefficient (Wildman–Crippen LogP) is 4.51. The Morgan fingerprint density at radius 3 is 2.00 bits per heavy atom. The molecule has 0 saturated carbocycles. The minimum Gasteiger partial charge on any atom is -0.497 e. The van der Waals surface area contributed by atoms with Crippen molar-refractivity contribution in [1.29, 1.82) is 0 Å². The van der Waals surface area contributed by atoms with Gasteiger partial charge in [-0.25, -0.2) is 0 Å². The molecule has 0 heterocycles. The van der Waals surface area contributed by atoms with Crippen molar-refractivity contribution in [1.82, 2.24) is 0 Å². The zero-order valence-electron chi connectivity index (χ0n) is 12.6. The molecule has 3 nitrogen and oxygen atoms in total. The highest BCUT2D eigenvalue weighted by atomic mass is 79.9. The molecule has 2 aromatic carbocycles. The van der Waals surface area contributed by atoms with E-state index in [9.17, 15) is 0 Å². The van der Waals surface area contributed by atoms with Crippen LogP contribution in [0.25, 0.3) is 0 Å². The Labute approximate surface area is 134 Å². The predicted molar refractivity (Wildman–Crippen MR) is 88.0 cm³/mol. The van der Waals surface area contributed by atoms with Gasteiger partial charge in [-0.1, -0.05) is 28.1 Å². The van der Waals surface area contributed by atoms with E-state index in [1.165, 1.54) is 0 Å². The van der Waals surface area contributed by atoms with Gasteiger partial charge in [-0.15, -0.1) is 0 Å². The quantitative estimate of drug-likeness (QED) is 0.742. The van der Waals surface area contributed by atoms with E-state index in [1.54, 1.807) is 21.3 Å². The molecule has 1 unspecified atom stereocenters. The minimum absolute atomic E-state index is 0.0190. The third kappa shape index (κ3) is 3.16. The zero-order valence-corrected chi connectivity index (χ0v) is 14.2. The van der Waals surface area contributed by atoms with Crippen molar-refractivity contribution < 1.29 is 14.2 Å². The molecule has 0 aromatic heterocycles. The largest absolute Gasteiger partial charge is 0.497 e. The van der Waals surface area contributed by atoms with Crippen molar-refractivity contribution in [2.45, 2.75) is 11.8 Å². The molecule has 2 aromatic rings. The minimum atomic E-state index is -0.0190. The first-order valence-corrected chi connectivity index (χ1v) is 7.53. The number of hydrogen-bond donors (Lipinski definition) is 0. The van der Waals surface area contributed by atoms with Gasteiger partial charge in [0.1, 0.15) is 17.2 Å². The Kier molecular flexibility index (Phi) is 5.12. The molecule has 4 heteroatoms. The first-order valence-electron chi connectivity index (χ1n) is 6.61. The fraction of sp³-hybridized carbons (Fsp3) is 0.294. The van der Waals surface area contributed by atoms with Gasteiger partial charge in [-0.2, -0.15) is 0 Å². The molecule has 1 atom stereocenters. The highest BCUT2D eigenvalue weighted by Gasteiger charge is 2.21. The summed E-state index contributed by atoms with van der Waals surface area (Å²) >= 11 is 3.77. The Morgan fingerprint density at radius 1 is 0.905 bits per heavy atom. The standard InChI is InChI=1S/C17H19BrO3/c1-11-10-12(19-2)8-9-13(11)17(18)16-14(20-3)6-5-7-15(16)21-4/h5-10,17H,1-4H3. The summed E-state index contributed by atoms with van der Waals surface area (Å²) in [6, 6.07) is 11.8. The summed E-state index contributed by atoms with van der Waals surface area (Å²) < 4.78 is 16.2. The van der Waals surface area contributed by atoms with Gasteiger partial charge in [-0.3, -0.25) is 0 Å². The topological polar surface area (TPSA) is 27.7 Å². The van der Waals surface area contributed by atoms with Crippen LogP contribution >= 0.6 is 15.9 Å². The summed E-state index contributed by atoms with van der Waals surface area (Å²) in [5.41, 5.74) is 3.28. The van der Waals surface area contributed by atoms with Crippen LogP contribution in [0.15, 0.2) is 36.4 Å². The fourth-order valence-corrected chi connectivity index (χ4v) is 3.31. The van der Waals surface area contributed by atoms with Gasteiger partial charge in [0.25, 0.3) is 0 Å². The molecule has 0 fully saturated rings. The van der Waals surface area contributed by atoms with Crippen molar-refractivity contribution in [3.05, 3.63) is 53.1 Å². The van der Waals surface area contributed by atoms with Gasteiger partial charge in [0.05, 0.1) is 31.7 Å². The maximum atomic E-state index is 5.48. The van der Waals surface area contributed by atoms with E-state index in [4.69, 9.17) is 14.2 Å². The van der Waals surface area contributed by atoms with Gasteiger partial charge in [0.15, 0.2) is 0 Å². The van der Waals surface area contributed by atoms with Crippen LogP contribution in [0.4, 0.5) is 0 Å². The fourth-order valence-electron chi connectivity index (χ4n) is 2.34. The lowest BCUT2D eigenvalue weighted by molar-refractivity contribution is 0.386. The highest BCUT2D eigenvalue weighted by molar-refractivity contribution is 9.09. The number of alkyl halides is 1. The third-order valence-corrected chi connectivity index (χ3v) is 4.42. The summed E-state index contributed by atoms with van der Waals surface area (Å²) in [7, 11) is 5.00. The van der Waals surface area contributed by atoms with Gasteiger partial charge in [-0.05, 0) is 42.3 Å². The summed E-state index contributed by atoms with van der Waals surface area (Å²) in [5.74, 6) is 2.45. The smallest absolute Gasteiger partial charge is 0.127 e. The summed E-state index contributed by atoms with van der Waals surface area (Å²) in [6.07, 6.45) is 0. The Hall–Kier alpha value is -1.68. The molecule has 0 saturated heterocycles. The first kappa shape index (κ1) is 15.7. The second-order valence-electron chi connectivity index (χ2n) is 4.66. The van der Waals surface area contributed by atoms with Crippen molar-refractivity contribution in [2.24, 2.45) is 0 Å². The van der Waals surface area contributed by atoms with Crippen molar-refractivity contribution >= 4 is 15.9 Å². The summed E-state index contributed by atoms with van der Waals surface area (Å²) in [4.78, 5) is -0.0190. The molecule has 2 rings (SSSR count). The Bertz CT molecular complexity index is 603. The van der Waals surface area contributed by atoms with Crippen molar-refractivity contribution in [3.63, 3.8) is 0 Å². The van der Waals surface area contributed by atoms with E-state index in [0.29, 0.717) is 0 Å². The van der Waals surface area contributed by atoms with Crippen LogP contribution in [-0.4, -0.2) is 21.3 Å². The highest BCUT2D eigenvalue weighted by Crippen LogP contribution is 2.43. The number of hydrogen-bond acceptors (Lipinski definition) is 3. The van der Waals surface area contributed by atoms with Crippen LogP contribution in [0.5, 0.6) is 17.2 Å². The molecule has 0 aliphatic carbocycles. The lowest BCUT2D eigenvalue weighted by Gasteiger charge is -2.19. The van der Waals surface area contributed by atoms with Crippen LogP contribution in [0.3, 0.4) is 0 Å². The van der Waals surface area contributed by atoms with Crippen LogP contribution in [0, 0.1) is 6.92 Å². The number of benzene rings is 2. The number of halogens is 1. The van der Waals surface area contributed by atoms with E-state index >= 15 is 0 Å². The molecule has 0 aliphatic rings. The molecular formula is C17H19BrO3. The summed E-state index contributed by atoms with van der Waals surface area (Å²) in [5, 5.41) is 0. The normalized spacial score (nSPS) is 11.9. The van der Waals surface area contributed by atoms with Crippen LogP contribution in [0.1, 0.15) is 21.5 Å². The number of rotatable bonds is 5. The summed E-state index contributed by atoms with van der Waals surface area (Å²) in [6.45, 7) is 2.06. The van der Waals surface area contributed by atoms with Gasteiger partial charge >= 0.3 is 0 Å². The molecule has 0 spiro atoms. The van der Waals surface area contributed by atoms with Crippen molar-refractivity contribution in [3.8, 4) is 17.2 Å². The average Bonchev–Trinajstić information content (AvgIpc) is 2.53. The number of methoxy groups -OCH3 is 3. The van der Waals surface area contributed by atoms with E-state index in [-0.39, 0.29) is 4.83 Å². The van der Waals surface area contributed by atoms with Gasteiger partial charge in [0, 0.05) is 0 Å². The lowest BCUT2D eigenvalue weighted by Crippen LogP contribution is -2.02. The van der Waals surface area contributed by atoms with E-state index < -0.39 is 0 Å². The molecule has 0 bridgehead atoms. The van der Waals surface area contributed by atoms with Gasteiger partial charge < -0.3 is 14.2 Å². The Balaban J connectivity index is 2.51. The van der Waals surface area contributed by atoms with E-state index in [0.717, 1.165) is 33.9 Å². The van der Waals surface area contributed by atoms with Crippen molar-refractivity contribution in [2.75, 3.05) is 21.3 Å². The lowest BCUT2D eigenvalue weighted by atomic mass is 9.98. The molecule has 0 aliphatic heterocycles. The second kappa shape index (κ2) is 6.85. The average molecular weight is 351 g/mol. The van der Waals surface area contributed by atoms with E-state index in [1.807, 2.05) is 30.3 Å². The molecular weight excluding hydrogens is 332 g/mol. The maximum absolute atomic E-state index is 5.48. The molecule has 0 amide bonds. The van der Waals surface area contributed by atoms with Gasteiger partial charge in [0.2, 0.25) is 0 Å². The molecule has 21 heavy (non-hydrogen) atoms. The molecule has 0 radical (unpaired) electrons. The van der Waals surface area contributed by atoms with Crippen LogP contribution in [0.2, 0.25) is 0 Å². The second-order valence-corrected chi connectivity index (χ2v) is 5.58. The SMILES string of the molecule is COc1ccc(C(Br)c2c(OC)cccc2OC)c(C)c1. The Morgan fingerprint density at radius 2 is 1.52 bits per heavy atom. The number of ether oxygens (including phenoxy) is 3. The monoisotopic (exact) mass is 350 g/mol. The molecule has 112 valence electrons. The zero-order chi connectivity index (χ0) is 15.4. The first-order chi connectivity index (χ1) is 10.1. The van der Waals surface area contributed by atoms with E-state index in [2.05, 4.69) is 28.9 Å². The number of aryl methyl sites for hydroxylation is 1. The van der Waals surface area contributed by atoms with Crippen LogP contribution in [-0.2, 0) is 0 Å². The van der Waals surface area contributed by atoms with Crippen LogP contribution < -0.4 is 14.2 Å². The third-order valence-electron chi connectivity index (χ3n) is 3.47. The molecule has 0 N–H and O–H groups in total. The maximum Gasteiger partial charge on any atom is 0.127 e.